The average Bonchev–Trinajstić information content (AvgIpc) is 2.41. The largest absolute Gasteiger partial charge is 0.495 e. The van der Waals surface area contributed by atoms with Crippen molar-refractivity contribution in [2.75, 3.05) is 14.2 Å². The Labute approximate surface area is 132 Å². The van der Waals surface area contributed by atoms with Crippen molar-refractivity contribution in [3.63, 3.8) is 0 Å². The molecule has 0 aliphatic heterocycles. The monoisotopic (exact) mass is 387 g/mol. The lowest BCUT2D eigenvalue weighted by molar-refractivity contribution is 0.414. The van der Waals surface area contributed by atoms with Crippen molar-refractivity contribution in [3.05, 3.63) is 62.2 Å². The number of rotatable bonds is 4. The minimum absolute atomic E-state index is 0.126. The smallest absolute Gasteiger partial charge is 0.137 e. The molecule has 0 heterocycles. The molecule has 0 aliphatic rings. The molecule has 0 amide bonds. The van der Waals surface area contributed by atoms with E-state index in [1.165, 1.54) is 9.13 Å². The summed E-state index contributed by atoms with van der Waals surface area (Å²) in [6.45, 7) is 0. The van der Waals surface area contributed by atoms with E-state index >= 15 is 0 Å². The van der Waals surface area contributed by atoms with Crippen LogP contribution in [0.2, 0.25) is 5.02 Å². The van der Waals surface area contributed by atoms with Gasteiger partial charge in [-0.15, -0.1) is 0 Å². The number of hydrogen-bond acceptors (Lipinski definition) is 2. The molecule has 0 aliphatic carbocycles. The van der Waals surface area contributed by atoms with Crippen molar-refractivity contribution in [2.24, 2.45) is 0 Å². The van der Waals surface area contributed by atoms with E-state index in [9.17, 15) is 0 Å². The van der Waals surface area contributed by atoms with E-state index in [2.05, 4.69) is 52.2 Å². The van der Waals surface area contributed by atoms with E-state index in [4.69, 9.17) is 16.3 Å². The van der Waals surface area contributed by atoms with Crippen LogP contribution in [0.4, 0.5) is 0 Å². The highest BCUT2D eigenvalue weighted by Gasteiger charge is 2.14. The van der Waals surface area contributed by atoms with Crippen LogP contribution in [0.15, 0.2) is 42.5 Å². The minimum atomic E-state index is 0.126. The van der Waals surface area contributed by atoms with E-state index in [0.717, 1.165) is 5.56 Å². The highest BCUT2D eigenvalue weighted by Crippen LogP contribution is 2.30. The summed E-state index contributed by atoms with van der Waals surface area (Å²) in [6.07, 6.45) is 0. The summed E-state index contributed by atoms with van der Waals surface area (Å²) < 4.78 is 6.50. The molecule has 2 nitrogen and oxygen atoms in total. The van der Waals surface area contributed by atoms with Crippen molar-refractivity contribution in [2.45, 2.75) is 6.04 Å². The Morgan fingerprint density at radius 2 is 1.89 bits per heavy atom. The van der Waals surface area contributed by atoms with Gasteiger partial charge in [0.15, 0.2) is 0 Å². The molecule has 2 aromatic rings. The van der Waals surface area contributed by atoms with Gasteiger partial charge in [0.1, 0.15) is 5.75 Å². The Balaban J connectivity index is 2.42. The highest BCUT2D eigenvalue weighted by molar-refractivity contribution is 14.1. The second kappa shape index (κ2) is 6.59. The molecule has 19 heavy (non-hydrogen) atoms. The lowest BCUT2D eigenvalue weighted by Crippen LogP contribution is -2.17. The summed E-state index contributed by atoms with van der Waals surface area (Å²) in [5.74, 6) is 0.699. The number of hydrogen-bond donors (Lipinski definition) is 1. The van der Waals surface area contributed by atoms with Crippen LogP contribution in [0.3, 0.4) is 0 Å². The Hall–Kier alpha value is -0.780. The number of methoxy groups -OCH3 is 1. The van der Waals surface area contributed by atoms with Gasteiger partial charge in [0.25, 0.3) is 0 Å². The van der Waals surface area contributed by atoms with Crippen LogP contribution >= 0.6 is 34.2 Å². The van der Waals surface area contributed by atoms with E-state index in [1.54, 1.807) is 7.11 Å². The molecule has 1 N–H and O–H groups in total. The second-order valence-electron chi connectivity index (χ2n) is 4.17. The van der Waals surface area contributed by atoms with Crippen molar-refractivity contribution in [1.82, 2.24) is 5.32 Å². The molecular formula is C15H15ClINO. The summed E-state index contributed by atoms with van der Waals surface area (Å²) in [5, 5.41) is 3.96. The predicted molar refractivity (Wildman–Crippen MR) is 88.1 cm³/mol. The van der Waals surface area contributed by atoms with Crippen molar-refractivity contribution < 1.29 is 4.74 Å². The third-order valence-corrected chi connectivity index (χ3v) is 3.96. The maximum Gasteiger partial charge on any atom is 0.137 e. The molecule has 4 heteroatoms. The quantitative estimate of drug-likeness (QED) is 0.792. The molecule has 100 valence electrons. The third kappa shape index (κ3) is 3.41. The van der Waals surface area contributed by atoms with Crippen LogP contribution in [0, 0.1) is 3.57 Å². The zero-order chi connectivity index (χ0) is 13.8. The van der Waals surface area contributed by atoms with E-state index in [-0.39, 0.29) is 6.04 Å². The van der Waals surface area contributed by atoms with Crippen molar-refractivity contribution in [3.8, 4) is 5.75 Å². The SMILES string of the molecule is CNC(c1cccc(I)c1)c1ccc(Cl)c(OC)c1. The van der Waals surface area contributed by atoms with Crippen molar-refractivity contribution >= 4 is 34.2 Å². The Morgan fingerprint density at radius 1 is 1.16 bits per heavy atom. The van der Waals surface area contributed by atoms with E-state index < -0.39 is 0 Å². The molecule has 0 aromatic heterocycles. The lowest BCUT2D eigenvalue weighted by Gasteiger charge is -2.18. The molecule has 2 aromatic carbocycles. The third-order valence-electron chi connectivity index (χ3n) is 2.98. The summed E-state index contributed by atoms with van der Waals surface area (Å²) in [4.78, 5) is 0. The van der Waals surface area contributed by atoms with E-state index in [1.807, 2.05) is 25.2 Å². The van der Waals surface area contributed by atoms with Gasteiger partial charge in [-0.2, -0.15) is 0 Å². The fourth-order valence-electron chi connectivity index (χ4n) is 2.07. The molecule has 2 rings (SSSR count). The van der Waals surface area contributed by atoms with Gasteiger partial charge in [-0.25, -0.2) is 0 Å². The highest BCUT2D eigenvalue weighted by atomic mass is 127. The fourth-order valence-corrected chi connectivity index (χ4v) is 2.83. The number of ether oxygens (including phenoxy) is 1. The van der Waals surface area contributed by atoms with Gasteiger partial charge in [0.2, 0.25) is 0 Å². The number of halogens is 2. The second-order valence-corrected chi connectivity index (χ2v) is 5.82. The van der Waals surface area contributed by atoms with Crippen molar-refractivity contribution in [1.29, 1.82) is 0 Å². The number of benzene rings is 2. The molecule has 0 radical (unpaired) electrons. The zero-order valence-corrected chi connectivity index (χ0v) is 13.7. The Kier molecular flexibility index (Phi) is 5.07. The van der Waals surface area contributed by atoms with Crippen LogP contribution in [0.25, 0.3) is 0 Å². The van der Waals surface area contributed by atoms with Gasteiger partial charge in [-0.05, 0) is 65.0 Å². The van der Waals surface area contributed by atoms with Crippen LogP contribution in [0.5, 0.6) is 5.75 Å². The lowest BCUT2D eigenvalue weighted by atomic mass is 9.99. The fraction of sp³-hybridized carbons (Fsp3) is 0.200. The average molecular weight is 388 g/mol. The molecular weight excluding hydrogens is 373 g/mol. The molecule has 1 unspecified atom stereocenters. The number of nitrogens with one attached hydrogen (secondary N) is 1. The van der Waals surface area contributed by atoms with Crippen LogP contribution in [0.1, 0.15) is 17.2 Å². The topological polar surface area (TPSA) is 21.3 Å². The van der Waals surface area contributed by atoms with Gasteiger partial charge < -0.3 is 10.1 Å². The first kappa shape index (κ1) is 14.6. The maximum absolute atomic E-state index is 6.07. The van der Waals surface area contributed by atoms with E-state index in [0.29, 0.717) is 10.8 Å². The van der Waals surface area contributed by atoms with Crippen LogP contribution < -0.4 is 10.1 Å². The first-order chi connectivity index (χ1) is 9.15. The first-order valence-electron chi connectivity index (χ1n) is 5.92. The van der Waals surface area contributed by atoms with Gasteiger partial charge in [0.05, 0.1) is 18.2 Å². The molecule has 1 atom stereocenters. The van der Waals surface area contributed by atoms with Crippen LogP contribution in [-0.4, -0.2) is 14.2 Å². The van der Waals surface area contributed by atoms with Crippen LogP contribution in [-0.2, 0) is 0 Å². The minimum Gasteiger partial charge on any atom is -0.495 e. The van der Waals surface area contributed by atoms with Gasteiger partial charge in [-0.1, -0.05) is 29.8 Å². The summed E-state index contributed by atoms with van der Waals surface area (Å²) in [5.41, 5.74) is 2.35. The molecule has 0 spiro atoms. The summed E-state index contributed by atoms with van der Waals surface area (Å²) >= 11 is 8.39. The zero-order valence-electron chi connectivity index (χ0n) is 10.8. The summed E-state index contributed by atoms with van der Waals surface area (Å²) in [7, 11) is 3.58. The standard InChI is InChI=1S/C15H15ClINO/c1-18-15(10-4-3-5-12(17)8-10)11-6-7-13(16)14(9-11)19-2/h3-9,15,18H,1-2H3. The molecule has 0 saturated heterocycles. The first-order valence-corrected chi connectivity index (χ1v) is 7.37. The normalized spacial score (nSPS) is 12.2. The van der Waals surface area contributed by atoms with Gasteiger partial charge in [-0.3, -0.25) is 0 Å². The predicted octanol–water partition coefficient (Wildman–Crippen LogP) is 4.26. The Bertz CT molecular complexity index is 574. The van der Waals surface area contributed by atoms with Gasteiger partial charge >= 0.3 is 0 Å². The van der Waals surface area contributed by atoms with Gasteiger partial charge in [0, 0.05) is 3.57 Å². The molecule has 0 bridgehead atoms. The maximum atomic E-state index is 6.07. The molecule has 0 saturated carbocycles. The summed E-state index contributed by atoms with van der Waals surface area (Å²) in [6, 6.07) is 14.4. The molecule has 0 fully saturated rings. The Morgan fingerprint density at radius 3 is 2.53 bits per heavy atom.